The lowest BCUT2D eigenvalue weighted by Crippen LogP contribution is -2.37. The van der Waals surface area contributed by atoms with Crippen LogP contribution in [-0.4, -0.2) is 26.6 Å². The zero-order valence-electron chi connectivity index (χ0n) is 18.8. The molecule has 7 heteroatoms. The molecule has 1 aliphatic carbocycles. The number of allylic oxidation sites excluding steroid dienone is 2. The van der Waals surface area contributed by atoms with Crippen LogP contribution in [0.3, 0.4) is 0 Å². The lowest BCUT2D eigenvalue weighted by Gasteiger charge is -2.39. The van der Waals surface area contributed by atoms with E-state index in [-0.39, 0.29) is 22.9 Å². The Morgan fingerprint density at radius 3 is 2.73 bits per heavy atom. The molecule has 3 N–H and O–H groups in total. The zero-order chi connectivity index (χ0) is 23.3. The normalized spacial score (nSPS) is 18.9. The number of phenolic OH excluding ortho intramolecular Hbond substituents is 1. The average molecular weight is 443 g/mol. The molecule has 1 unspecified atom stereocenters. The molecular weight excluding hydrogens is 416 g/mol. The number of aromatic hydroxyl groups is 1. The van der Waals surface area contributed by atoms with E-state index in [9.17, 15) is 14.7 Å². The van der Waals surface area contributed by atoms with Crippen molar-refractivity contribution < 1.29 is 14.7 Å². The number of amides is 1. The number of aromatic nitrogens is 2. The first kappa shape index (κ1) is 21.0. The Balaban J connectivity index is 1.61. The largest absolute Gasteiger partial charge is 0.508 e. The molecule has 0 fully saturated rings. The number of phenols is 1. The minimum Gasteiger partial charge on any atom is -0.508 e. The third-order valence-corrected chi connectivity index (χ3v) is 6.33. The van der Waals surface area contributed by atoms with Gasteiger partial charge in [0.15, 0.2) is 5.78 Å². The molecule has 0 saturated carbocycles. The van der Waals surface area contributed by atoms with Crippen molar-refractivity contribution in [3.8, 4) is 5.75 Å². The number of carbonyl (C=O) groups excluding carboxylic acids is 2. The van der Waals surface area contributed by atoms with Gasteiger partial charge in [-0.2, -0.15) is 5.10 Å². The molecule has 2 heterocycles. The van der Waals surface area contributed by atoms with E-state index in [1.165, 1.54) is 6.20 Å². The van der Waals surface area contributed by atoms with E-state index in [0.29, 0.717) is 29.8 Å². The van der Waals surface area contributed by atoms with Crippen LogP contribution in [0.2, 0.25) is 0 Å². The van der Waals surface area contributed by atoms with Crippen LogP contribution in [0.15, 0.2) is 66.0 Å². The Kier molecular flexibility index (Phi) is 4.85. The van der Waals surface area contributed by atoms with Crippen LogP contribution in [-0.2, 0) is 4.79 Å². The molecular formula is C26H26N4O3. The molecule has 33 heavy (non-hydrogen) atoms. The number of benzene rings is 2. The fourth-order valence-corrected chi connectivity index (χ4v) is 4.78. The third-order valence-electron chi connectivity index (χ3n) is 6.33. The summed E-state index contributed by atoms with van der Waals surface area (Å²) in [6.45, 7) is 6.07. The predicted molar refractivity (Wildman–Crippen MR) is 126 cm³/mol. The van der Waals surface area contributed by atoms with E-state index in [1.807, 2.05) is 37.3 Å². The van der Waals surface area contributed by atoms with Gasteiger partial charge in [0.05, 0.1) is 6.20 Å². The highest BCUT2D eigenvalue weighted by Gasteiger charge is 2.42. The van der Waals surface area contributed by atoms with Crippen molar-refractivity contribution in [2.75, 3.05) is 10.6 Å². The van der Waals surface area contributed by atoms with Gasteiger partial charge >= 0.3 is 0 Å². The van der Waals surface area contributed by atoms with Gasteiger partial charge in [-0.25, -0.2) is 4.68 Å². The maximum Gasteiger partial charge on any atom is 0.261 e. The summed E-state index contributed by atoms with van der Waals surface area (Å²) in [7, 11) is 0. The second-order valence-corrected chi connectivity index (χ2v) is 9.58. The van der Waals surface area contributed by atoms with Gasteiger partial charge in [0.2, 0.25) is 0 Å². The molecule has 7 nitrogen and oxygen atoms in total. The minimum atomic E-state index is -0.521. The molecule has 168 valence electrons. The number of hydrogen-bond acceptors (Lipinski definition) is 5. The Labute approximate surface area is 192 Å². The predicted octanol–water partition coefficient (Wildman–Crippen LogP) is 4.81. The monoisotopic (exact) mass is 442 g/mol. The summed E-state index contributed by atoms with van der Waals surface area (Å²) < 4.78 is 1.68. The maximum atomic E-state index is 13.3. The number of hydrogen-bond donors (Lipinski definition) is 3. The molecule has 0 saturated heterocycles. The molecule has 3 aromatic rings. The van der Waals surface area contributed by atoms with E-state index in [2.05, 4.69) is 29.6 Å². The van der Waals surface area contributed by atoms with Crippen LogP contribution in [0.25, 0.3) is 0 Å². The molecule has 0 bridgehead atoms. The number of nitrogens with one attached hydrogen (secondary N) is 2. The first-order valence-corrected chi connectivity index (χ1v) is 11.0. The van der Waals surface area contributed by atoms with Crippen molar-refractivity contribution in [3.05, 3.63) is 82.7 Å². The number of Topliss-reactive ketones (excluding diaryl/α,β-unsaturated/α-hetero) is 1. The van der Waals surface area contributed by atoms with Gasteiger partial charge in [0.25, 0.3) is 5.91 Å². The summed E-state index contributed by atoms with van der Waals surface area (Å²) in [4.78, 5) is 26.5. The fraction of sp³-hybridized carbons (Fsp3) is 0.269. The zero-order valence-corrected chi connectivity index (χ0v) is 18.8. The summed E-state index contributed by atoms with van der Waals surface area (Å²) >= 11 is 0. The number of anilines is 2. The number of nitrogens with zero attached hydrogens (tertiary/aromatic N) is 2. The van der Waals surface area contributed by atoms with Crippen LogP contribution in [0, 0.1) is 12.3 Å². The van der Waals surface area contributed by atoms with Gasteiger partial charge in [0.1, 0.15) is 23.2 Å². The van der Waals surface area contributed by atoms with E-state index >= 15 is 0 Å². The highest BCUT2D eigenvalue weighted by Crippen LogP contribution is 2.46. The summed E-state index contributed by atoms with van der Waals surface area (Å²) in [6.07, 6.45) is 2.63. The van der Waals surface area contributed by atoms with E-state index in [1.54, 1.807) is 22.9 Å². The van der Waals surface area contributed by atoms with Gasteiger partial charge in [-0.05, 0) is 48.1 Å². The molecule has 1 aliphatic heterocycles. The van der Waals surface area contributed by atoms with Gasteiger partial charge in [-0.3, -0.25) is 9.59 Å². The average Bonchev–Trinajstić information content (AvgIpc) is 3.16. The third kappa shape index (κ3) is 3.69. The number of rotatable bonds is 3. The first-order chi connectivity index (χ1) is 15.7. The van der Waals surface area contributed by atoms with Crippen molar-refractivity contribution >= 4 is 23.2 Å². The number of carbonyl (C=O) groups is 2. The number of para-hydroxylation sites is 1. The molecule has 5 rings (SSSR count). The molecule has 0 spiro atoms. The molecule has 1 aromatic heterocycles. The smallest absolute Gasteiger partial charge is 0.261 e. The fourth-order valence-electron chi connectivity index (χ4n) is 4.78. The second-order valence-electron chi connectivity index (χ2n) is 9.58. The Hall–Kier alpha value is -3.87. The Morgan fingerprint density at radius 2 is 1.97 bits per heavy atom. The lowest BCUT2D eigenvalue weighted by molar-refractivity contribution is -0.118. The standard InChI is InChI=1S/C26H26N4O3/c1-15-7-4-5-10-19(15)29-25(33)18-14-27-30-23(16-8-6-9-17(31)11-16)22-20(28-24(18)30)12-26(2,3)13-21(22)32/h4-11,14,23,28,31H,12-13H2,1-3H3,(H,29,33). The molecule has 0 radical (unpaired) electrons. The topological polar surface area (TPSA) is 96.3 Å². The van der Waals surface area contributed by atoms with Crippen molar-refractivity contribution in [2.24, 2.45) is 5.41 Å². The van der Waals surface area contributed by atoms with Crippen molar-refractivity contribution in [3.63, 3.8) is 0 Å². The van der Waals surface area contributed by atoms with Gasteiger partial charge in [0, 0.05) is 23.4 Å². The summed E-state index contributed by atoms with van der Waals surface area (Å²) in [5, 5.41) is 21.0. The van der Waals surface area contributed by atoms with Gasteiger partial charge < -0.3 is 15.7 Å². The van der Waals surface area contributed by atoms with Crippen molar-refractivity contribution in [1.82, 2.24) is 9.78 Å². The maximum absolute atomic E-state index is 13.3. The van der Waals surface area contributed by atoms with Crippen molar-refractivity contribution in [1.29, 1.82) is 0 Å². The van der Waals surface area contributed by atoms with Crippen LogP contribution >= 0.6 is 0 Å². The highest BCUT2D eigenvalue weighted by atomic mass is 16.3. The SMILES string of the molecule is Cc1ccccc1NC(=O)c1cnn2c1NC1=C(C(=O)CC(C)(C)C1)C2c1cccc(O)c1. The van der Waals surface area contributed by atoms with Crippen molar-refractivity contribution in [2.45, 2.75) is 39.7 Å². The van der Waals surface area contributed by atoms with Gasteiger partial charge in [-0.1, -0.05) is 44.2 Å². The second kappa shape index (κ2) is 7.62. The summed E-state index contributed by atoms with van der Waals surface area (Å²) in [6, 6.07) is 13.9. The quantitative estimate of drug-likeness (QED) is 0.541. The van der Waals surface area contributed by atoms with Gasteiger partial charge in [-0.15, -0.1) is 0 Å². The Morgan fingerprint density at radius 1 is 1.18 bits per heavy atom. The summed E-state index contributed by atoms with van der Waals surface area (Å²) in [5.41, 5.74) is 4.08. The highest BCUT2D eigenvalue weighted by molar-refractivity contribution is 6.08. The molecule has 2 aliphatic rings. The van der Waals surface area contributed by atoms with Crippen LogP contribution < -0.4 is 10.6 Å². The van der Waals surface area contributed by atoms with E-state index < -0.39 is 6.04 Å². The molecule has 1 amide bonds. The number of aryl methyl sites for hydroxylation is 1. The number of fused-ring (bicyclic) bond motifs is 1. The van der Waals surface area contributed by atoms with E-state index in [0.717, 1.165) is 22.5 Å². The molecule has 2 aromatic carbocycles. The van der Waals surface area contributed by atoms with Crippen LogP contribution in [0.5, 0.6) is 5.75 Å². The van der Waals surface area contributed by atoms with Crippen LogP contribution in [0.4, 0.5) is 11.5 Å². The number of ketones is 1. The minimum absolute atomic E-state index is 0.0501. The Bertz CT molecular complexity index is 1320. The summed E-state index contributed by atoms with van der Waals surface area (Å²) in [5.74, 6) is 0.425. The van der Waals surface area contributed by atoms with E-state index in [4.69, 9.17) is 0 Å². The first-order valence-electron chi connectivity index (χ1n) is 11.0. The molecule has 1 atom stereocenters. The van der Waals surface area contributed by atoms with Crippen LogP contribution in [0.1, 0.15) is 54.2 Å². The lowest BCUT2D eigenvalue weighted by atomic mass is 9.73.